The van der Waals surface area contributed by atoms with Crippen LogP contribution in [0.1, 0.15) is 52.9 Å². The predicted octanol–water partition coefficient (Wildman–Crippen LogP) is 3.65. The molecule has 0 heterocycles. The lowest BCUT2D eigenvalue weighted by atomic mass is 9.46. The van der Waals surface area contributed by atoms with Crippen molar-refractivity contribution in [2.75, 3.05) is 13.5 Å². The molecule has 8 heteroatoms. The fourth-order valence-corrected chi connectivity index (χ4v) is 7.31. The Balaban J connectivity index is 1.73. The molecule has 0 aromatic heterocycles. The first-order valence-corrected chi connectivity index (χ1v) is 11.3. The molecule has 0 amide bonds. The molecule has 4 rings (SSSR count). The summed E-state index contributed by atoms with van der Waals surface area (Å²) in [6, 6.07) is 0. The van der Waals surface area contributed by atoms with Gasteiger partial charge in [-0.05, 0) is 63.0 Å². The summed E-state index contributed by atoms with van der Waals surface area (Å²) in [6.45, 7) is 4.25. The number of alkyl halides is 1. The molecule has 4 aliphatic carbocycles. The molecule has 0 bridgehead atoms. The topological polar surface area (TPSA) is 99.1 Å². The Kier molecular flexibility index (Phi) is 5.72. The Bertz CT molecular complexity index is 882. The predicted molar refractivity (Wildman–Crippen MR) is 111 cm³/mol. The van der Waals surface area contributed by atoms with Gasteiger partial charge in [0, 0.05) is 16.7 Å². The van der Waals surface area contributed by atoms with E-state index in [0.29, 0.717) is 12.8 Å². The quantitative estimate of drug-likeness (QED) is 0.653. The van der Waals surface area contributed by atoms with Crippen molar-refractivity contribution in [1.29, 1.82) is 0 Å². The number of fused-ring (bicyclic) bond motifs is 5. The molecule has 7 nitrogen and oxygen atoms in total. The average Bonchev–Trinajstić information content (AvgIpc) is 3.01. The molecule has 0 aromatic rings. The van der Waals surface area contributed by atoms with E-state index in [4.69, 9.17) is 14.2 Å². The van der Waals surface area contributed by atoms with Crippen LogP contribution in [-0.4, -0.2) is 48.2 Å². The summed E-state index contributed by atoms with van der Waals surface area (Å²) in [5, 5.41) is 11.4. The summed E-state index contributed by atoms with van der Waals surface area (Å²) in [6.07, 6.45) is 5.73. The summed E-state index contributed by atoms with van der Waals surface area (Å²) < 4.78 is 28.3. The van der Waals surface area contributed by atoms with Crippen LogP contribution in [-0.2, 0) is 23.8 Å². The van der Waals surface area contributed by atoms with Gasteiger partial charge in [-0.3, -0.25) is 4.79 Å². The number of esters is 1. The zero-order chi connectivity index (χ0) is 23.3. The van der Waals surface area contributed by atoms with Gasteiger partial charge in [0.25, 0.3) is 0 Å². The van der Waals surface area contributed by atoms with Crippen LogP contribution in [0.25, 0.3) is 0 Å². The lowest BCUT2D eigenvalue weighted by Crippen LogP contribution is -2.62. The molecule has 7 unspecified atom stereocenters. The Morgan fingerprint density at radius 2 is 2.00 bits per heavy atom. The number of hydrogen-bond acceptors (Lipinski definition) is 7. The van der Waals surface area contributed by atoms with Crippen molar-refractivity contribution < 1.29 is 38.1 Å². The van der Waals surface area contributed by atoms with Gasteiger partial charge in [0.05, 0.1) is 12.7 Å². The summed E-state index contributed by atoms with van der Waals surface area (Å²) in [4.78, 5) is 37.3. The van der Waals surface area contributed by atoms with Gasteiger partial charge < -0.3 is 19.3 Å². The van der Waals surface area contributed by atoms with Crippen molar-refractivity contribution in [3.8, 4) is 0 Å². The lowest BCUT2D eigenvalue weighted by Gasteiger charge is -2.59. The van der Waals surface area contributed by atoms with Crippen LogP contribution < -0.4 is 0 Å². The van der Waals surface area contributed by atoms with Gasteiger partial charge in [0.15, 0.2) is 5.78 Å². The van der Waals surface area contributed by atoms with E-state index >= 15 is 0 Å². The van der Waals surface area contributed by atoms with Crippen LogP contribution in [0.4, 0.5) is 9.18 Å². The third-order valence-corrected chi connectivity index (χ3v) is 8.65. The van der Waals surface area contributed by atoms with Crippen molar-refractivity contribution in [3.63, 3.8) is 0 Å². The molecule has 176 valence electrons. The highest BCUT2D eigenvalue weighted by Crippen LogP contribution is 2.68. The molecule has 0 radical (unpaired) electrons. The van der Waals surface area contributed by atoms with E-state index in [1.165, 1.54) is 0 Å². The van der Waals surface area contributed by atoms with E-state index < -0.39 is 41.5 Å². The van der Waals surface area contributed by atoms with Crippen LogP contribution in [0.5, 0.6) is 0 Å². The largest absolute Gasteiger partial charge is 0.509 e. The summed E-state index contributed by atoms with van der Waals surface area (Å²) in [5.41, 5.74) is -2.10. The maximum atomic E-state index is 13.0. The molecular formula is C24H31FO7. The van der Waals surface area contributed by atoms with Crippen molar-refractivity contribution in [2.45, 2.75) is 64.6 Å². The molecular weight excluding hydrogens is 419 g/mol. The smallest absolute Gasteiger partial charge is 0.435 e. The number of ether oxygens (including phenoxy) is 3. The summed E-state index contributed by atoms with van der Waals surface area (Å²) >= 11 is 0. The second-order valence-electron chi connectivity index (χ2n) is 9.90. The zero-order valence-electron chi connectivity index (χ0n) is 18.8. The Morgan fingerprint density at radius 1 is 1.25 bits per heavy atom. The van der Waals surface area contributed by atoms with Gasteiger partial charge >= 0.3 is 12.1 Å². The van der Waals surface area contributed by atoms with Gasteiger partial charge in [-0.15, -0.1) is 0 Å². The van der Waals surface area contributed by atoms with Crippen LogP contribution >= 0.6 is 0 Å². The summed E-state index contributed by atoms with van der Waals surface area (Å²) in [5.74, 6) is -1.13. The highest BCUT2D eigenvalue weighted by Gasteiger charge is 2.71. The molecule has 0 aromatic carbocycles. The Hall–Kier alpha value is -2.22. The van der Waals surface area contributed by atoms with Crippen molar-refractivity contribution in [2.24, 2.45) is 28.6 Å². The van der Waals surface area contributed by atoms with Crippen LogP contribution in [0, 0.1) is 28.6 Å². The van der Waals surface area contributed by atoms with Crippen molar-refractivity contribution >= 4 is 17.9 Å². The third kappa shape index (κ3) is 3.13. The molecule has 7 atom stereocenters. The van der Waals surface area contributed by atoms with E-state index in [0.717, 1.165) is 12.0 Å². The number of rotatable bonds is 4. The molecule has 32 heavy (non-hydrogen) atoms. The fraction of sp³-hybridized carbons (Fsp3) is 0.708. The van der Waals surface area contributed by atoms with Gasteiger partial charge in [0.1, 0.15) is 0 Å². The molecule has 0 saturated heterocycles. The number of halogens is 1. The van der Waals surface area contributed by atoms with E-state index in [1.54, 1.807) is 19.1 Å². The van der Waals surface area contributed by atoms with E-state index in [9.17, 15) is 23.9 Å². The van der Waals surface area contributed by atoms with Crippen LogP contribution in [0.15, 0.2) is 23.8 Å². The van der Waals surface area contributed by atoms with E-state index in [-0.39, 0.29) is 43.0 Å². The highest BCUT2D eigenvalue weighted by atomic mass is 19.1. The number of hydrogen-bond donors (Lipinski definition) is 1. The minimum atomic E-state index is -1.72. The lowest BCUT2D eigenvalue weighted by molar-refractivity contribution is -0.204. The van der Waals surface area contributed by atoms with Gasteiger partial charge in [-0.2, -0.15) is 0 Å². The molecule has 1 N–H and O–H groups in total. The molecule has 0 spiro atoms. The first-order valence-electron chi connectivity index (χ1n) is 11.3. The monoisotopic (exact) mass is 450 g/mol. The highest BCUT2D eigenvalue weighted by molar-refractivity contribution is 6.01. The maximum Gasteiger partial charge on any atom is 0.509 e. The summed E-state index contributed by atoms with van der Waals surface area (Å²) in [7, 11) is 0. The molecule has 3 fully saturated rings. The maximum absolute atomic E-state index is 13.0. The van der Waals surface area contributed by atoms with Gasteiger partial charge in [-0.25, -0.2) is 14.0 Å². The second-order valence-corrected chi connectivity index (χ2v) is 9.90. The number of aliphatic hydroxyl groups is 1. The second kappa shape index (κ2) is 7.97. The van der Waals surface area contributed by atoms with Gasteiger partial charge in [-0.1, -0.05) is 25.5 Å². The Morgan fingerprint density at radius 3 is 2.69 bits per heavy atom. The standard InChI is InChI=1S/C24H31FO7/c1-4-30-21(29)32-24(20(28)31-13-25)10-8-17-16-6-5-14-11-15(26)7-9-22(14,2)19(16)18(27)12-23(17,24)3/h7,9,11,16-19,27H,4-6,8,10,12-13H2,1-3H3. The first-order chi connectivity index (χ1) is 15.1. The fourth-order valence-electron chi connectivity index (χ4n) is 7.31. The average molecular weight is 451 g/mol. The molecule has 4 aliphatic rings. The number of carbonyl (C=O) groups is 3. The number of carbonyl (C=O) groups excluding carboxylic acids is 3. The molecule has 0 aliphatic heterocycles. The number of aliphatic hydroxyl groups excluding tert-OH is 1. The minimum Gasteiger partial charge on any atom is -0.435 e. The van der Waals surface area contributed by atoms with Crippen LogP contribution in [0.2, 0.25) is 0 Å². The van der Waals surface area contributed by atoms with Gasteiger partial charge in [0.2, 0.25) is 12.5 Å². The van der Waals surface area contributed by atoms with Crippen molar-refractivity contribution in [3.05, 3.63) is 23.8 Å². The first kappa shape index (κ1) is 23.0. The van der Waals surface area contributed by atoms with Crippen LogP contribution in [0.3, 0.4) is 0 Å². The molecule has 3 saturated carbocycles. The Labute approximate surface area is 187 Å². The van der Waals surface area contributed by atoms with E-state index in [1.807, 2.05) is 13.0 Å². The normalized spacial score (nSPS) is 42.3. The zero-order valence-corrected chi connectivity index (χ0v) is 18.8. The van der Waals surface area contributed by atoms with Crippen molar-refractivity contribution in [1.82, 2.24) is 0 Å². The SMILES string of the molecule is CCOC(=O)OC1(C(=O)OCF)CCC2C3CCC4=CC(=O)C=CC4(C)C3C(O)CC21C. The number of ketones is 1. The minimum absolute atomic E-state index is 0.0367. The van der Waals surface area contributed by atoms with E-state index in [2.05, 4.69) is 6.92 Å². The number of allylic oxidation sites excluding steroid dienone is 4. The third-order valence-electron chi connectivity index (χ3n) is 8.65.